The molecule has 0 amide bonds. The first-order valence-electron chi connectivity index (χ1n) is 13.1. The molecule has 1 fully saturated rings. The van der Waals surface area contributed by atoms with Gasteiger partial charge in [-0.3, -0.25) is 0 Å². The Balaban J connectivity index is 1.39. The molecule has 4 aromatic carbocycles. The van der Waals surface area contributed by atoms with Gasteiger partial charge in [0.05, 0.1) is 26.4 Å². The van der Waals surface area contributed by atoms with Crippen LogP contribution in [0.1, 0.15) is 28.4 Å². The molecule has 0 aromatic heterocycles. The lowest BCUT2D eigenvalue weighted by molar-refractivity contribution is -0.263. The Morgan fingerprint density at radius 1 is 0.553 bits per heavy atom. The molecule has 1 saturated heterocycles. The molecule has 0 aliphatic carbocycles. The monoisotopic (exact) mass is 510 g/mol. The molecule has 1 aliphatic rings. The Kier molecular flexibility index (Phi) is 9.32. The van der Waals surface area contributed by atoms with Crippen molar-refractivity contribution < 1.29 is 24.1 Å². The van der Waals surface area contributed by atoms with Gasteiger partial charge >= 0.3 is 0 Å². The predicted molar refractivity (Wildman–Crippen MR) is 146 cm³/mol. The smallest absolute Gasteiger partial charge is 0.115 e. The zero-order valence-corrected chi connectivity index (χ0v) is 21.3. The van der Waals surface area contributed by atoms with Crippen LogP contribution in [0, 0.1) is 0 Å². The topological polar surface area (TPSA) is 57.2 Å². The number of ether oxygens (including phenoxy) is 4. The standard InChI is InChI=1S/C33H34O5/c34-30-31(28-19-11-4-12-20-28)38-29(24-35-21-25-13-5-1-6-14-25)32(36-22-26-15-7-2-8-16-26)33(30)37-23-27-17-9-3-10-18-27/h1-20,29-34H,21-24H2/t29-,30+,31+,32-,33-/m1/s1. The molecule has 5 heteroatoms. The summed E-state index contributed by atoms with van der Waals surface area (Å²) >= 11 is 0. The van der Waals surface area contributed by atoms with Crippen molar-refractivity contribution in [1.29, 1.82) is 0 Å². The normalized spacial score (nSPS) is 23.2. The molecule has 4 aromatic rings. The molecular weight excluding hydrogens is 476 g/mol. The molecule has 1 heterocycles. The second kappa shape index (κ2) is 13.5. The van der Waals surface area contributed by atoms with E-state index in [2.05, 4.69) is 0 Å². The second-order valence-electron chi connectivity index (χ2n) is 9.52. The molecule has 1 aliphatic heterocycles. The molecule has 0 unspecified atom stereocenters. The van der Waals surface area contributed by atoms with E-state index in [9.17, 15) is 5.11 Å². The van der Waals surface area contributed by atoms with Crippen LogP contribution in [0.5, 0.6) is 0 Å². The average molecular weight is 511 g/mol. The molecule has 5 atom stereocenters. The van der Waals surface area contributed by atoms with E-state index in [4.69, 9.17) is 18.9 Å². The summed E-state index contributed by atoms with van der Waals surface area (Å²) in [7, 11) is 0. The van der Waals surface area contributed by atoms with E-state index < -0.39 is 30.5 Å². The van der Waals surface area contributed by atoms with E-state index in [1.807, 2.05) is 121 Å². The summed E-state index contributed by atoms with van der Waals surface area (Å²) in [5.41, 5.74) is 4.04. The number of benzene rings is 4. The van der Waals surface area contributed by atoms with Crippen molar-refractivity contribution in [2.45, 2.75) is 50.3 Å². The highest BCUT2D eigenvalue weighted by Crippen LogP contribution is 2.36. The van der Waals surface area contributed by atoms with Gasteiger partial charge in [-0.25, -0.2) is 0 Å². The highest BCUT2D eigenvalue weighted by molar-refractivity contribution is 5.21. The first-order valence-corrected chi connectivity index (χ1v) is 13.1. The molecule has 1 N–H and O–H groups in total. The fraction of sp³-hybridized carbons (Fsp3) is 0.273. The summed E-state index contributed by atoms with van der Waals surface area (Å²) in [6, 6.07) is 39.8. The van der Waals surface area contributed by atoms with Gasteiger partial charge in [0.2, 0.25) is 0 Å². The Bertz CT molecular complexity index is 1200. The van der Waals surface area contributed by atoms with Gasteiger partial charge in [0.1, 0.15) is 30.5 Å². The fourth-order valence-corrected chi connectivity index (χ4v) is 4.77. The molecule has 5 nitrogen and oxygen atoms in total. The van der Waals surface area contributed by atoms with Crippen molar-refractivity contribution in [2.24, 2.45) is 0 Å². The largest absolute Gasteiger partial charge is 0.387 e. The first kappa shape index (κ1) is 26.3. The summed E-state index contributed by atoms with van der Waals surface area (Å²) < 4.78 is 25.5. The Morgan fingerprint density at radius 2 is 1.00 bits per heavy atom. The molecule has 0 bridgehead atoms. The van der Waals surface area contributed by atoms with Gasteiger partial charge in [-0.05, 0) is 22.3 Å². The summed E-state index contributed by atoms with van der Waals surface area (Å²) in [5.74, 6) is 0. The van der Waals surface area contributed by atoms with Crippen LogP contribution in [0.2, 0.25) is 0 Å². The maximum Gasteiger partial charge on any atom is 0.115 e. The Morgan fingerprint density at radius 3 is 1.53 bits per heavy atom. The van der Waals surface area contributed by atoms with Gasteiger partial charge in [0.25, 0.3) is 0 Å². The second-order valence-corrected chi connectivity index (χ2v) is 9.52. The molecule has 38 heavy (non-hydrogen) atoms. The summed E-state index contributed by atoms with van der Waals surface area (Å²) in [4.78, 5) is 0. The minimum absolute atomic E-state index is 0.301. The lowest BCUT2D eigenvalue weighted by atomic mass is 9.90. The van der Waals surface area contributed by atoms with Gasteiger partial charge < -0.3 is 24.1 Å². The number of rotatable bonds is 11. The maximum absolute atomic E-state index is 11.6. The highest BCUT2D eigenvalue weighted by atomic mass is 16.6. The maximum atomic E-state index is 11.6. The zero-order valence-electron chi connectivity index (χ0n) is 21.3. The average Bonchev–Trinajstić information content (AvgIpc) is 2.98. The first-order chi connectivity index (χ1) is 18.8. The van der Waals surface area contributed by atoms with Gasteiger partial charge in [0.15, 0.2) is 0 Å². The van der Waals surface area contributed by atoms with E-state index in [-0.39, 0.29) is 0 Å². The van der Waals surface area contributed by atoms with E-state index in [0.29, 0.717) is 26.4 Å². The molecule has 0 spiro atoms. The minimum atomic E-state index is -0.924. The van der Waals surface area contributed by atoms with Crippen molar-refractivity contribution in [3.8, 4) is 0 Å². The summed E-state index contributed by atoms with van der Waals surface area (Å²) in [5, 5.41) is 11.6. The van der Waals surface area contributed by atoms with E-state index in [0.717, 1.165) is 22.3 Å². The third-order valence-electron chi connectivity index (χ3n) is 6.75. The molecular formula is C33H34O5. The lowest BCUT2D eigenvalue weighted by Crippen LogP contribution is -2.57. The van der Waals surface area contributed by atoms with Crippen LogP contribution >= 0.6 is 0 Å². The molecule has 5 rings (SSSR count). The van der Waals surface area contributed by atoms with Crippen molar-refractivity contribution in [2.75, 3.05) is 6.61 Å². The Hall–Kier alpha value is -3.32. The molecule has 0 saturated carbocycles. The van der Waals surface area contributed by atoms with E-state index >= 15 is 0 Å². The number of aliphatic hydroxyl groups is 1. The molecule has 0 radical (unpaired) electrons. The van der Waals surface area contributed by atoms with Crippen LogP contribution in [0.15, 0.2) is 121 Å². The van der Waals surface area contributed by atoms with Crippen LogP contribution in [0.3, 0.4) is 0 Å². The Labute approximate surface area is 224 Å². The quantitative estimate of drug-likeness (QED) is 0.273. The van der Waals surface area contributed by atoms with Gasteiger partial charge in [-0.15, -0.1) is 0 Å². The van der Waals surface area contributed by atoms with E-state index in [1.165, 1.54) is 0 Å². The van der Waals surface area contributed by atoms with Crippen LogP contribution in [-0.4, -0.2) is 36.1 Å². The summed E-state index contributed by atoms with van der Waals surface area (Å²) in [6.07, 6.45) is -3.10. The van der Waals surface area contributed by atoms with Gasteiger partial charge in [-0.2, -0.15) is 0 Å². The van der Waals surface area contributed by atoms with Crippen LogP contribution in [-0.2, 0) is 38.8 Å². The third-order valence-corrected chi connectivity index (χ3v) is 6.75. The van der Waals surface area contributed by atoms with Crippen molar-refractivity contribution in [1.82, 2.24) is 0 Å². The predicted octanol–water partition coefficient (Wildman–Crippen LogP) is 5.88. The number of hydrogen-bond donors (Lipinski definition) is 1. The van der Waals surface area contributed by atoms with Crippen LogP contribution in [0.4, 0.5) is 0 Å². The number of hydrogen-bond acceptors (Lipinski definition) is 5. The molecule has 196 valence electrons. The van der Waals surface area contributed by atoms with Gasteiger partial charge in [0, 0.05) is 0 Å². The van der Waals surface area contributed by atoms with Crippen molar-refractivity contribution in [3.63, 3.8) is 0 Å². The summed E-state index contributed by atoms with van der Waals surface area (Å²) in [6.45, 7) is 1.49. The highest BCUT2D eigenvalue weighted by Gasteiger charge is 2.47. The minimum Gasteiger partial charge on any atom is -0.387 e. The van der Waals surface area contributed by atoms with E-state index in [1.54, 1.807) is 0 Å². The zero-order chi connectivity index (χ0) is 26.0. The van der Waals surface area contributed by atoms with Gasteiger partial charge in [-0.1, -0.05) is 121 Å². The SMILES string of the molecule is O[C@@H]1[C@@H](OCc2ccccc2)[C@H](OCc2ccccc2)[C@@H](COCc2ccccc2)O[C@H]1c1ccccc1. The lowest BCUT2D eigenvalue weighted by Gasteiger charge is -2.44. The van der Waals surface area contributed by atoms with Crippen LogP contribution in [0.25, 0.3) is 0 Å². The fourth-order valence-electron chi connectivity index (χ4n) is 4.77. The number of aliphatic hydroxyl groups excluding tert-OH is 1. The van der Waals surface area contributed by atoms with Crippen molar-refractivity contribution in [3.05, 3.63) is 144 Å². The van der Waals surface area contributed by atoms with Crippen LogP contribution < -0.4 is 0 Å². The van der Waals surface area contributed by atoms with Crippen molar-refractivity contribution >= 4 is 0 Å². The third kappa shape index (κ3) is 6.95.